The van der Waals surface area contributed by atoms with Crippen LogP contribution in [0.1, 0.15) is 9.88 Å². The molecule has 2 heterocycles. The van der Waals surface area contributed by atoms with Gasteiger partial charge in [0.15, 0.2) is 5.01 Å². The molecule has 0 saturated heterocycles. The van der Waals surface area contributed by atoms with Crippen molar-refractivity contribution in [3.05, 3.63) is 34.2 Å². The summed E-state index contributed by atoms with van der Waals surface area (Å²) in [7, 11) is 0. The SMILES string of the molecule is N#Cc1nc2c(s1)CCOc1ccccc1-2. The standard InChI is InChI=1S/C12H8N2OS/c13-7-11-14-12-8-3-1-2-4-9(8)15-6-5-10(12)16-11/h1-4H,5-6H2. The third kappa shape index (κ3) is 1.37. The van der Waals surface area contributed by atoms with E-state index in [1.54, 1.807) is 0 Å². The van der Waals surface area contributed by atoms with Gasteiger partial charge in [-0.05, 0) is 12.1 Å². The minimum Gasteiger partial charge on any atom is -0.493 e. The summed E-state index contributed by atoms with van der Waals surface area (Å²) in [6, 6.07) is 9.94. The lowest BCUT2D eigenvalue weighted by molar-refractivity contribution is 0.327. The topological polar surface area (TPSA) is 45.9 Å². The van der Waals surface area contributed by atoms with E-state index in [0.717, 1.165) is 28.3 Å². The smallest absolute Gasteiger partial charge is 0.195 e. The molecular formula is C12H8N2OS. The molecule has 0 radical (unpaired) electrons. The van der Waals surface area contributed by atoms with E-state index < -0.39 is 0 Å². The van der Waals surface area contributed by atoms with Gasteiger partial charge < -0.3 is 4.74 Å². The van der Waals surface area contributed by atoms with Crippen LogP contribution in [0.25, 0.3) is 11.3 Å². The number of thiazole rings is 1. The number of fused-ring (bicyclic) bond motifs is 3. The van der Waals surface area contributed by atoms with E-state index in [4.69, 9.17) is 10.00 Å². The van der Waals surface area contributed by atoms with Crippen molar-refractivity contribution in [2.45, 2.75) is 6.42 Å². The third-order valence-corrected chi connectivity index (χ3v) is 3.54. The first-order chi connectivity index (χ1) is 7.88. The molecule has 1 aromatic heterocycles. The summed E-state index contributed by atoms with van der Waals surface area (Å²) in [6.07, 6.45) is 0.823. The Morgan fingerprint density at radius 3 is 3.12 bits per heavy atom. The van der Waals surface area contributed by atoms with Crippen LogP contribution in [0.15, 0.2) is 24.3 Å². The summed E-state index contributed by atoms with van der Waals surface area (Å²) < 4.78 is 5.65. The zero-order chi connectivity index (χ0) is 11.0. The van der Waals surface area contributed by atoms with Gasteiger partial charge in [-0.15, -0.1) is 11.3 Å². The van der Waals surface area contributed by atoms with Gasteiger partial charge in [0.1, 0.15) is 11.8 Å². The molecule has 78 valence electrons. The van der Waals surface area contributed by atoms with Gasteiger partial charge in [-0.1, -0.05) is 12.1 Å². The van der Waals surface area contributed by atoms with Gasteiger partial charge in [-0.3, -0.25) is 0 Å². The predicted octanol–water partition coefficient (Wildman–Crippen LogP) is 2.62. The van der Waals surface area contributed by atoms with Crippen molar-refractivity contribution in [1.82, 2.24) is 4.98 Å². The lowest BCUT2D eigenvalue weighted by Gasteiger charge is -2.04. The Kier molecular flexibility index (Phi) is 2.12. The van der Waals surface area contributed by atoms with Crippen LogP contribution in [-0.4, -0.2) is 11.6 Å². The number of hydrogen-bond acceptors (Lipinski definition) is 4. The summed E-state index contributed by atoms with van der Waals surface area (Å²) in [6.45, 7) is 0.650. The van der Waals surface area contributed by atoms with E-state index in [0.29, 0.717) is 11.6 Å². The summed E-state index contributed by atoms with van der Waals surface area (Å²) in [5.41, 5.74) is 1.91. The summed E-state index contributed by atoms with van der Waals surface area (Å²) >= 11 is 1.46. The largest absolute Gasteiger partial charge is 0.493 e. The summed E-state index contributed by atoms with van der Waals surface area (Å²) in [5, 5.41) is 9.40. The number of para-hydroxylation sites is 1. The Morgan fingerprint density at radius 2 is 2.25 bits per heavy atom. The number of ether oxygens (including phenoxy) is 1. The highest BCUT2D eigenvalue weighted by molar-refractivity contribution is 7.12. The normalized spacial score (nSPS) is 12.9. The molecule has 1 aromatic carbocycles. The monoisotopic (exact) mass is 228 g/mol. The van der Waals surface area contributed by atoms with Crippen molar-refractivity contribution in [3.63, 3.8) is 0 Å². The third-order valence-electron chi connectivity index (χ3n) is 2.52. The molecule has 0 atom stereocenters. The number of nitriles is 1. The molecule has 3 nitrogen and oxygen atoms in total. The number of aromatic nitrogens is 1. The van der Waals surface area contributed by atoms with Crippen molar-refractivity contribution >= 4 is 11.3 Å². The lowest BCUT2D eigenvalue weighted by atomic mass is 10.1. The fourth-order valence-corrected chi connectivity index (χ4v) is 2.67. The Hall–Kier alpha value is -1.86. The minimum atomic E-state index is 0.529. The second kappa shape index (κ2) is 3.62. The zero-order valence-electron chi connectivity index (χ0n) is 8.43. The van der Waals surface area contributed by atoms with Crippen molar-refractivity contribution in [1.29, 1.82) is 5.26 Å². The first-order valence-corrected chi connectivity index (χ1v) is 5.82. The molecule has 16 heavy (non-hydrogen) atoms. The van der Waals surface area contributed by atoms with E-state index >= 15 is 0 Å². The maximum atomic E-state index is 8.87. The maximum absolute atomic E-state index is 8.87. The second-order valence-corrected chi connectivity index (χ2v) is 4.58. The van der Waals surface area contributed by atoms with E-state index in [1.165, 1.54) is 11.3 Å². The minimum absolute atomic E-state index is 0.529. The lowest BCUT2D eigenvalue weighted by Crippen LogP contribution is -1.97. The molecule has 0 fully saturated rings. The molecule has 0 N–H and O–H groups in total. The maximum Gasteiger partial charge on any atom is 0.195 e. The molecule has 0 unspecified atom stereocenters. The molecule has 2 aromatic rings. The average molecular weight is 228 g/mol. The first-order valence-electron chi connectivity index (χ1n) is 5.00. The van der Waals surface area contributed by atoms with Crippen LogP contribution in [0.2, 0.25) is 0 Å². The second-order valence-electron chi connectivity index (χ2n) is 3.50. The van der Waals surface area contributed by atoms with Gasteiger partial charge in [-0.2, -0.15) is 5.26 Å². The molecular weight excluding hydrogens is 220 g/mol. The van der Waals surface area contributed by atoms with Gasteiger partial charge in [0.2, 0.25) is 0 Å². The van der Waals surface area contributed by atoms with Gasteiger partial charge >= 0.3 is 0 Å². The van der Waals surface area contributed by atoms with Crippen LogP contribution in [0.5, 0.6) is 5.75 Å². The zero-order valence-corrected chi connectivity index (χ0v) is 9.25. The fourth-order valence-electron chi connectivity index (χ4n) is 1.82. The van der Waals surface area contributed by atoms with Crippen molar-refractivity contribution < 1.29 is 4.74 Å². The number of hydrogen-bond donors (Lipinski definition) is 0. The molecule has 1 aliphatic heterocycles. The molecule has 0 amide bonds. The van der Waals surface area contributed by atoms with E-state index in [-0.39, 0.29) is 0 Å². The van der Waals surface area contributed by atoms with Gasteiger partial charge in [-0.25, -0.2) is 4.98 Å². The molecule has 4 heteroatoms. The van der Waals surface area contributed by atoms with E-state index in [9.17, 15) is 0 Å². The summed E-state index contributed by atoms with van der Waals surface area (Å²) in [4.78, 5) is 5.49. The van der Waals surface area contributed by atoms with Crippen LogP contribution in [-0.2, 0) is 6.42 Å². The van der Waals surface area contributed by atoms with Crippen LogP contribution in [0.4, 0.5) is 0 Å². The van der Waals surface area contributed by atoms with Crippen molar-refractivity contribution in [2.24, 2.45) is 0 Å². The molecule has 3 rings (SSSR count). The van der Waals surface area contributed by atoms with Gasteiger partial charge in [0.05, 0.1) is 12.3 Å². The fraction of sp³-hybridized carbons (Fsp3) is 0.167. The molecule has 0 spiro atoms. The quantitative estimate of drug-likeness (QED) is 0.696. The van der Waals surface area contributed by atoms with E-state index in [1.807, 2.05) is 24.3 Å². The highest BCUT2D eigenvalue weighted by atomic mass is 32.1. The highest BCUT2D eigenvalue weighted by Gasteiger charge is 2.19. The number of rotatable bonds is 0. The van der Waals surface area contributed by atoms with Crippen molar-refractivity contribution in [3.8, 4) is 23.1 Å². The Bertz CT molecular complexity index is 583. The molecule has 0 aliphatic carbocycles. The van der Waals surface area contributed by atoms with Crippen LogP contribution in [0, 0.1) is 11.3 Å². The van der Waals surface area contributed by atoms with Crippen LogP contribution in [0.3, 0.4) is 0 Å². The Morgan fingerprint density at radius 1 is 1.38 bits per heavy atom. The summed E-state index contributed by atoms with van der Waals surface area (Å²) in [5.74, 6) is 0.857. The number of benzene rings is 1. The van der Waals surface area contributed by atoms with Crippen LogP contribution < -0.4 is 4.74 Å². The molecule has 0 saturated carbocycles. The van der Waals surface area contributed by atoms with Crippen molar-refractivity contribution in [2.75, 3.05) is 6.61 Å². The highest BCUT2D eigenvalue weighted by Crippen LogP contribution is 2.36. The van der Waals surface area contributed by atoms with Crippen LogP contribution >= 0.6 is 11.3 Å². The van der Waals surface area contributed by atoms with Gasteiger partial charge in [0, 0.05) is 16.9 Å². The Balaban J connectivity index is 2.25. The average Bonchev–Trinajstić information content (AvgIpc) is 2.66. The predicted molar refractivity (Wildman–Crippen MR) is 61.5 cm³/mol. The number of nitrogens with zero attached hydrogens (tertiary/aromatic N) is 2. The first kappa shape index (κ1) is 9.37. The van der Waals surface area contributed by atoms with Gasteiger partial charge in [0.25, 0.3) is 0 Å². The molecule has 0 bridgehead atoms. The Labute approximate surface area is 96.9 Å². The molecule has 1 aliphatic rings. The van der Waals surface area contributed by atoms with E-state index in [2.05, 4.69) is 11.1 Å².